The minimum absolute atomic E-state index is 0.0517. The Morgan fingerprint density at radius 2 is 2.03 bits per heavy atom. The Kier molecular flexibility index (Phi) is 7.69. The van der Waals surface area contributed by atoms with Crippen molar-refractivity contribution in [3.8, 4) is 10.6 Å². The number of carbonyl (C=O) groups excluding carboxylic acids is 2. The molecule has 0 radical (unpaired) electrons. The van der Waals surface area contributed by atoms with Gasteiger partial charge in [-0.05, 0) is 30.2 Å². The molecule has 2 amide bonds. The summed E-state index contributed by atoms with van der Waals surface area (Å²) in [5.74, 6) is -0.0517. The lowest BCUT2D eigenvalue weighted by Crippen LogP contribution is -2.31. The molecule has 0 bridgehead atoms. The van der Waals surface area contributed by atoms with Crippen molar-refractivity contribution in [1.29, 1.82) is 0 Å². The molecule has 0 aliphatic rings. The van der Waals surface area contributed by atoms with Crippen LogP contribution in [0, 0.1) is 0 Å². The van der Waals surface area contributed by atoms with Crippen LogP contribution in [-0.2, 0) is 16.0 Å². The highest BCUT2D eigenvalue weighted by atomic mass is 35.5. The highest BCUT2D eigenvalue weighted by Gasteiger charge is 2.13. The Labute approximate surface area is 182 Å². The predicted molar refractivity (Wildman–Crippen MR) is 116 cm³/mol. The number of nitrogens with one attached hydrogen (secondary N) is 1. The van der Waals surface area contributed by atoms with Gasteiger partial charge in [0.1, 0.15) is 6.61 Å². The molecule has 0 fully saturated rings. The van der Waals surface area contributed by atoms with Crippen LogP contribution in [-0.4, -0.2) is 52.3 Å². The molecule has 0 unspecified atom stereocenters. The molecule has 1 N–H and O–H groups in total. The van der Waals surface area contributed by atoms with Crippen molar-refractivity contribution in [2.75, 3.05) is 25.5 Å². The van der Waals surface area contributed by atoms with Gasteiger partial charge in [0.15, 0.2) is 5.01 Å². The maximum Gasteiger partial charge on any atom is 0.413 e. The van der Waals surface area contributed by atoms with E-state index < -0.39 is 6.09 Å². The Hall–Kier alpha value is -3.04. The first-order chi connectivity index (χ1) is 14.5. The Morgan fingerprint density at radius 3 is 2.80 bits per heavy atom. The lowest BCUT2D eigenvalue weighted by Gasteiger charge is -2.17. The molecule has 156 valence electrons. The minimum atomic E-state index is -0.652. The van der Waals surface area contributed by atoms with Crippen LogP contribution in [0.4, 0.5) is 9.93 Å². The largest absolute Gasteiger partial charge is 0.447 e. The Morgan fingerprint density at radius 1 is 1.20 bits per heavy atom. The molecule has 8 nitrogen and oxygen atoms in total. The first kappa shape index (κ1) is 21.7. The van der Waals surface area contributed by atoms with E-state index in [4.69, 9.17) is 16.3 Å². The summed E-state index contributed by atoms with van der Waals surface area (Å²) in [7, 11) is 1.67. The lowest BCUT2D eigenvalue weighted by molar-refractivity contribution is -0.130. The fraction of sp³-hybridized carbons (Fsp3) is 0.250. The van der Waals surface area contributed by atoms with E-state index in [1.807, 2.05) is 24.3 Å². The van der Waals surface area contributed by atoms with Crippen molar-refractivity contribution in [3.05, 3.63) is 59.4 Å². The number of likely N-dealkylation sites (N-methyl/N-ethyl adjacent to an activating group) is 1. The van der Waals surface area contributed by atoms with Crippen LogP contribution in [0.15, 0.2) is 48.8 Å². The van der Waals surface area contributed by atoms with Gasteiger partial charge in [-0.3, -0.25) is 15.1 Å². The van der Waals surface area contributed by atoms with Crippen LogP contribution in [0.5, 0.6) is 0 Å². The third kappa shape index (κ3) is 6.23. The zero-order valence-electron chi connectivity index (χ0n) is 16.2. The molecule has 0 aliphatic carbocycles. The fourth-order valence-electron chi connectivity index (χ4n) is 2.54. The first-order valence-corrected chi connectivity index (χ1v) is 10.4. The lowest BCUT2D eigenvalue weighted by atomic mass is 10.1. The summed E-state index contributed by atoms with van der Waals surface area (Å²) in [6.07, 6.45) is 3.57. The second-order valence-electron chi connectivity index (χ2n) is 6.32. The molecule has 10 heteroatoms. The predicted octanol–water partition coefficient (Wildman–Crippen LogP) is 3.89. The topological polar surface area (TPSA) is 97.3 Å². The van der Waals surface area contributed by atoms with Gasteiger partial charge in [-0.1, -0.05) is 41.1 Å². The number of halogens is 1. The zero-order chi connectivity index (χ0) is 21.3. The van der Waals surface area contributed by atoms with E-state index in [-0.39, 0.29) is 19.1 Å². The number of anilines is 1. The van der Waals surface area contributed by atoms with Gasteiger partial charge in [0.2, 0.25) is 11.0 Å². The molecule has 1 aromatic carbocycles. The van der Waals surface area contributed by atoms with Gasteiger partial charge in [-0.15, -0.1) is 10.2 Å². The summed E-state index contributed by atoms with van der Waals surface area (Å²) < 4.78 is 5.13. The molecule has 0 saturated heterocycles. The Balaban J connectivity index is 1.38. The van der Waals surface area contributed by atoms with Crippen LogP contribution in [0.25, 0.3) is 10.6 Å². The number of ether oxygens (including phenoxy) is 1. The van der Waals surface area contributed by atoms with E-state index in [1.54, 1.807) is 31.6 Å². The van der Waals surface area contributed by atoms with E-state index in [9.17, 15) is 9.59 Å². The van der Waals surface area contributed by atoms with Gasteiger partial charge >= 0.3 is 6.09 Å². The molecular formula is C20H20ClN5O3S. The van der Waals surface area contributed by atoms with E-state index in [2.05, 4.69) is 20.5 Å². The highest BCUT2D eigenvalue weighted by Crippen LogP contribution is 2.25. The zero-order valence-corrected chi connectivity index (χ0v) is 17.8. The van der Waals surface area contributed by atoms with E-state index in [1.165, 1.54) is 16.2 Å². The van der Waals surface area contributed by atoms with Crippen molar-refractivity contribution in [3.63, 3.8) is 0 Å². The second kappa shape index (κ2) is 10.7. The molecule has 0 aliphatic heterocycles. The smallest absolute Gasteiger partial charge is 0.413 e. The SMILES string of the molecule is CN(CCOC(=O)Nc1nnc(-c2cccnc2)s1)C(=O)CCc1ccccc1Cl. The van der Waals surface area contributed by atoms with Crippen molar-refractivity contribution < 1.29 is 14.3 Å². The Bertz CT molecular complexity index is 999. The number of rotatable bonds is 8. The quantitative estimate of drug-likeness (QED) is 0.564. The molecule has 2 heterocycles. The minimum Gasteiger partial charge on any atom is -0.447 e. The monoisotopic (exact) mass is 445 g/mol. The highest BCUT2D eigenvalue weighted by molar-refractivity contribution is 7.18. The molecule has 3 rings (SSSR count). The normalized spacial score (nSPS) is 10.5. The molecule has 0 spiro atoms. The number of amides is 2. The van der Waals surface area contributed by atoms with E-state index in [0.717, 1.165) is 11.1 Å². The van der Waals surface area contributed by atoms with Crippen LogP contribution in [0.1, 0.15) is 12.0 Å². The van der Waals surface area contributed by atoms with Gasteiger partial charge in [0, 0.05) is 36.4 Å². The van der Waals surface area contributed by atoms with Crippen molar-refractivity contribution in [1.82, 2.24) is 20.1 Å². The summed E-state index contributed by atoms with van der Waals surface area (Å²) in [5.41, 5.74) is 1.74. The third-order valence-electron chi connectivity index (χ3n) is 4.19. The maximum absolute atomic E-state index is 12.2. The molecule has 0 saturated carbocycles. The summed E-state index contributed by atoms with van der Waals surface area (Å²) in [4.78, 5) is 29.7. The van der Waals surface area contributed by atoms with Crippen molar-refractivity contribution in [2.24, 2.45) is 0 Å². The van der Waals surface area contributed by atoms with Crippen LogP contribution in [0.3, 0.4) is 0 Å². The third-order valence-corrected chi connectivity index (χ3v) is 5.45. The molecule has 30 heavy (non-hydrogen) atoms. The van der Waals surface area contributed by atoms with Crippen LogP contribution >= 0.6 is 22.9 Å². The van der Waals surface area contributed by atoms with Crippen molar-refractivity contribution >= 4 is 40.1 Å². The molecule has 0 atom stereocenters. The first-order valence-electron chi connectivity index (χ1n) is 9.18. The molecular weight excluding hydrogens is 426 g/mol. The summed E-state index contributed by atoms with van der Waals surface area (Å²) in [6, 6.07) is 11.1. The molecule has 3 aromatic rings. The van der Waals surface area contributed by atoms with Gasteiger partial charge in [0.25, 0.3) is 0 Å². The van der Waals surface area contributed by atoms with E-state index >= 15 is 0 Å². The van der Waals surface area contributed by atoms with Gasteiger partial charge in [0.05, 0.1) is 6.54 Å². The van der Waals surface area contributed by atoms with Gasteiger partial charge < -0.3 is 9.64 Å². The number of aromatic nitrogens is 3. The van der Waals surface area contributed by atoms with Crippen LogP contribution in [0.2, 0.25) is 5.02 Å². The van der Waals surface area contributed by atoms with Crippen molar-refractivity contribution in [2.45, 2.75) is 12.8 Å². The molecule has 2 aromatic heterocycles. The number of benzene rings is 1. The number of hydrogen-bond donors (Lipinski definition) is 1. The maximum atomic E-state index is 12.2. The average molecular weight is 446 g/mol. The number of hydrogen-bond acceptors (Lipinski definition) is 7. The van der Waals surface area contributed by atoms with Gasteiger partial charge in [-0.2, -0.15) is 0 Å². The number of nitrogens with zero attached hydrogens (tertiary/aromatic N) is 4. The standard InChI is InChI=1S/C20H20ClN5O3S/c1-26(17(27)9-8-14-5-2-3-7-16(14)21)11-12-29-20(28)23-19-25-24-18(30-19)15-6-4-10-22-13-15/h2-7,10,13H,8-9,11-12H2,1H3,(H,23,25,28). The fourth-order valence-corrected chi connectivity index (χ4v) is 3.49. The summed E-state index contributed by atoms with van der Waals surface area (Å²) in [5, 5.41) is 12.1. The number of pyridine rings is 1. The summed E-state index contributed by atoms with van der Waals surface area (Å²) >= 11 is 7.32. The number of carbonyl (C=O) groups is 2. The summed E-state index contributed by atoms with van der Waals surface area (Å²) in [6.45, 7) is 0.347. The van der Waals surface area contributed by atoms with Gasteiger partial charge in [-0.25, -0.2) is 4.79 Å². The average Bonchev–Trinajstić information content (AvgIpc) is 3.22. The van der Waals surface area contributed by atoms with Crippen LogP contribution < -0.4 is 5.32 Å². The number of aryl methyl sites for hydroxylation is 1. The van der Waals surface area contributed by atoms with E-state index in [0.29, 0.717) is 28.0 Å². The second-order valence-corrected chi connectivity index (χ2v) is 7.71.